The maximum Gasteiger partial charge on any atom is 0.326 e. The maximum absolute atomic E-state index is 12.2. The van der Waals surface area contributed by atoms with Crippen LogP contribution >= 0.6 is 0 Å². The van der Waals surface area contributed by atoms with Crippen LogP contribution in [-0.2, 0) is 22.5 Å². The lowest BCUT2D eigenvalue weighted by atomic mass is 9.97. The van der Waals surface area contributed by atoms with Gasteiger partial charge in [0.1, 0.15) is 5.54 Å². The van der Waals surface area contributed by atoms with Crippen LogP contribution in [0.3, 0.4) is 0 Å². The Morgan fingerprint density at radius 3 is 2.48 bits per heavy atom. The molecule has 21 heavy (non-hydrogen) atoms. The fraction of sp³-hybridized carbons (Fsp3) is 0.750. The summed E-state index contributed by atoms with van der Waals surface area (Å²) in [6.45, 7) is 13.8. The number of aromatic nitrogens is 2. The van der Waals surface area contributed by atoms with E-state index in [1.165, 1.54) is 11.3 Å². The van der Waals surface area contributed by atoms with Crippen LogP contribution in [0.2, 0.25) is 0 Å². The first-order valence-electron chi connectivity index (χ1n) is 7.84. The molecule has 0 saturated heterocycles. The molecule has 0 radical (unpaired) electrons. The molecule has 0 bridgehead atoms. The van der Waals surface area contributed by atoms with Crippen LogP contribution < -0.4 is 5.32 Å². The number of hydrogen-bond donors (Lipinski definition) is 1. The first kappa shape index (κ1) is 17.7. The van der Waals surface area contributed by atoms with Crippen molar-refractivity contribution in [3.05, 3.63) is 17.0 Å². The van der Waals surface area contributed by atoms with Crippen molar-refractivity contribution in [2.24, 2.45) is 0 Å². The number of rotatable bonds is 8. The smallest absolute Gasteiger partial charge is 0.326 e. The summed E-state index contributed by atoms with van der Waals surface area (Å²) in [4.78, 5) is 12.2. The number of nitrogens with one attached hydrogen (secondary N) is 1. The number of aryl methyl sites for hydroxylation is 2. The summed E-state index contributed by atoms with van der Waals surface area (Å²) in [6.07, 6.45) is 1.64. The molecule has 1 aromatic heterocycles. The summed E-state index contributed by atoms with van der Waals surface area (Å²) < 4.78 is 7.20. The normalized spacial score (nSPS) is 14.0. The number of nitrogens with zero attached hydrogens (tertiary/aromatic N) is 2. The van der Waals surface area contributed by atoms with Gasteiger partial charge in [0, 0.05) is 12.2 Å². The zero-order valence-corrected chi connectivity index (χ0v) is 14.2. The van der Waals surface area contributed by atoms with Gasteiger partial charge in [0.15, 0.2) is 0 Å². The molecule has 1 N–H and O–H groups in total. The lowest BCUT2D eigenvalue weighted by molar-refractivity contribution is -0.150. The molecule has 0 aliphatic heterocycles. The predicted octanol–water partition coefficient (Wildman–Crippen LogP) is 2.38. The SMILES string of the molecule is CCNC(C)(CCn1nc(C)c(CC)c1C)C(=O)OCC. The number of carbonyl (C=O) groups excluding carboxylic acids is 1. The van der Waals surface area contributed by atoms with Crippen molar-refractivity contribution in [3.63, 3.8) is 0 Å². The average Bonchev–Trinajstić information content (AvgIpc) is 2.71. The number of ether oxygens (including phenoxy) is 1. The maximum atomic E-state index is 12.2. The molecule has 0 spiro atoms. The minimum atomic E-state index is -0.663. The van der Waals surface area contributed by atoms with Crippen molar-refractivity contribution >= 4 is 5.97 Å². The van der Waals surface area contributed by atoms with Gasteiger partial charge in [-0.25, -0.2) is 0 Å². The van der Waals surface area contributed by atoms with E-state index in [9.17, 15) is 4.79 Å². The van der Waals surface area contributed by atoms with Gasteiger partial charge in [-0.1, -0.05) is 13.8 Å². The zero-order chi connectivity index (χ0) is 16.0. The van der Waals surface area contributed by atoms with Crippen LogP contribution in [0.15, 0.2) is 0 Å². The minimum Gasteiger partial charge on any atom is -0.465 e. The molecule has 0 amide bonds. The molecule has 0 fully saturated rings. The molecule has 0 aliphatic carbocycles. The van der Waals surface area contributed by atoms with Gasteiger partial charge < -0.3 is 10.1 Å². The second kappa shape index (κ2) is 7.59. The Kier molecular flexibility index (Phi) is 6.40. The van der Waals surface area contributed by atoms with Gasteiger partial charge in [-0.2, -0.15) is 5.10 Å². The monoisotopic (exact) mass is 295 g/mol. The average molecular weight is 295 g/mol. The Morgan fingerprint density at radius 1 is 1.33 bits per heavy atom. The summed E-state index contributed by atoms with van der Waals surface area (Å²) >= 11 is 0. The highest BCUT2D eigenvalue weighted by Gasteiger charge is 2.33. The van der Waals surface area contributed by atoms with Crippen molar-refractivity contribution in [2.75, 3.05) is 13.2 Å². The van der Waals surface area contributed by atoms with E-state index in [4.69, 9.17) is 4.74 Å². The van der Waals surface area contributed by atoms with E-state index in [1.807, 2.05) is 32.4 Å². The molecule has 1 aromatic rings. The van der Waals surface area contributed by atoms with Crippen LogP contribution in [-0.4, -0.2) is 34.4 Å². The van der Waals surface area contributed by atoms with Crippen molar-refractivity contribution in [2.45, 2.75) is 66.5 Å². The first-order valence-corrected chi connectivity index (χ1v) is 7.84. The van der Waals surface area contributed by atoms with Crippen LogP contribution in [0.5, 0.6) is 0 Å². The van der Waals surface area contributed by atoms with E-state index in [2.05, 4.69) is 24.3 Å². The lowest BCUT2D eigenvalue weighted by Crippen LogP contribution is -2.51. The van der Waals surface area contributed by atoms with Gasteiger partial charge in [-0.15, -0.1) is 0 Å². The topological polar surface area (TPSA) is 56.2 Å². The summed E-state index contributed by atoms with van der Waals surface area (Å²) in [5, 5.41) is 7.84. The Bertz CT molecular complexity index is 482. The molecule has 1 atom stereocenters. The Hall–Kier alpha value is -1.36. The Morgan fingerprint density at radius 2 is 2.00 bits per heavy atom. The molecule has 1 heterocycles. The van der Waals surface area contributed by atoms with Gasteiger partial charge in [0.2, 0.25) is 0 Å². The second-order valence-corrected chi connectivity index (χ2v) is 5.56. The number of esters is 1. The van der Waals surface area contributed by atoms with Crippen LogP contribution in [0, 0.1) is 13.8 Å². The summed E-state index contributed by atoms with van der Waals surface area (Å²) in [5.41, 5.74) is 2.91. The highest BCUT2D eigenvalue weighted by atomic mass is 16.5. The van der Waals surface area contributed by atoms with Crippen molar-refractivity contribution in [1.82, 2.24) is 15.1 Å². The van der Waals surface area contributed by atoms with E-state index in [0.29, 0.717) is 19.6 Å². The third kappa shape index (κ3) is 4.06. The van der Waals surface area contributed by atoms with E-state index < -0.39 is 5.54 Å². The first-order chi connectivity index (χ1) is 9.89. The van der Waals surface area contributed by atoms with Crippen LogP contribution in [0.25, 0.3) is 0 Å². The van der Waals surface area contributed by atoms with Crippen molar-refractivity contribution in [1.29, 1.82) is 0 Å². The fourth-order valence-corrected chi connectivity index (χ4v) is 2.74. The third-order valence-electron chi connectivity index (χ3n) is 4.00. The second-order valence-electron chi connectivity index (χ2n) is 5.56. The highest BCUT2D eigenvalue weighted by molar-refractivity contribution is 5.80. The highest BCUT2D eigenvalue weighted by Crippen LogP contribution is 2.18. The summed E-state index contributed by atoms with van der Waals surface area (Å²) in [5.74, 6) is -0.191. The molecule has 5 heteroatoms. The molecule has 0 aliphatic rings. The Balaban J connectivity index is 2.84. The van der Waals surface area contributed by atoms with E-state index >= 15 is 0 Å². The molecule has 120 valence electrons. The standard InChI is InChI=1S/C16H29N3O2/c1-7-14-12(4)18-19(13(14)5)11-10-16(6,17-8-2)15(20)21-9-3/h17H,7-11H2,1-6H3. The lowest BCUT2D eigenvalue weighted by Gasteiger charge is -2.28. The van der Waals surface area contributed by atoms with Crippen molar-refractivity contribution in [3.8, 4) is 0 Å². The van der Waals surface area contributed by atoms with Crippen molar-refractivity contribution < 1.29 is 9.53 Å². The van der Waals surface area contributed by atoms with Gasteiger partial charge in [-0.05, 0) is 52.6 Å². The number of likely N-dealkylation sites (N-methyl/N-ethyl adjacent to an activating group) is 1. The molecule has 0 aromatic carbocycles. The number of carbonyl (C=O) groups is 1. The molecule has 1 rings (SSSR count). The summed E-state index contributed by atoms with van der Waals surface area (Å²) in [6, 6.07) is 0. The molecule has 0 saturated carbocycles. The quantitative estimate of drug-likeness (QED) is 0.748. The van der Waals surface area contributed by atoms with Gasteiger partial charge >= 0.3 is 5.97 Å². The van der Waals surface area contributed by atoms with Crippen LogP contribution in [0.4, 0.5) is 0 Å². The predicted molar refractivity (Wildman–Crippen MR) is 84.4 cm³/mol. The fourth-order valence-electron chi connectivity index (χ4n) is 2.74. The minimum absolute atomic E-state index is 0.191. The molecular weight excluding hydrogens is 266 g/mol. The van der Waals surface area contributed by atoms with Gasteiger partial charge in [0.05, 0.1) is 12.3 Å². The zero-order valence-electron chi connectivity index (χ0n) is 14.2. The van der Waals surface area contributed by atoms with E-state index in [0.717, 1.165) is 18.7 Å². The van der Waals surface area contributed by atoms with Crippen LogP contribution in [0.1, 0.15) is 51.1 Å². The van der Waals surface area contributed by atoms with E-state index in [-0.39, 0.29) is 5.97 Å². The summed E-state index contributed by atoms with van der Waals surface area (Å²) in [7, 11) is 0. The largest absolute Gasteiger partial charge is 0.465 e. The molecule has 5 nitrogen and oxygen atoms in total. The molecule has 1 unspecified atom stereocenters. The molecular formula is C16H29N3O2. The number of hydrogen-bond acceptors (Lipinski definition) is 4. The van der Waals surface area contributed by atoms with Gasteiger partial charge in [0.25, 0.3) is 0 Å². The Labute approximate surface area is 128 Å². The van der Waals surface area contributed by atoms with E-state index in [1.54, 1.807) is 0 Å². The third-order valence-corrected chi connectivity index (χ3v) is 4.00. The van der Waals surface area contributed by atoms with Gasteiger partial charge in [-0.3, -0.25) is 9.48 Å².